The molecular weight excluding hydrogens is 600 g/mol. The molecule has 6 N–H and O–H groups in total. The quantitative estimate of drug-likeness (QED) is 0.0897. The number of aliphatic hydroxyl groups is 2. The van der Waals surface area contributed by atoms with Crippen molar-refractivity contribution in [2.45, 2.75) is 63.2 Å². The topological polar surface area (TPSA) is 144 Å². The molecule has 2 aromatic carbocycles. The van der Waals surface area contributed by atoms with E-state index in [0.29, 0.717) is 41.9 Å². The number of aromatic amines is 1. The number of rotatable bonds is 14. The zero-order valence-corrected chi connectivity index (χ0v) is 26.7. The Morgan fingerprint density at radius 3 is 2.65 bits per heavy atom. The van der Waals surface area contributed by atoms with Crippen molar-refractivity contribution in [3.05, 3.63) is 116 Å². The maximum atomic E-state index is 12.0. The average Bonchev–Trinajstić information content (AvgIpc) is 3.76. The summed E-state index contributed by atoms with van der Waals surface area (Å²) in [7, 11) is 0. The number of thiophene rings is 1. The highest BCUT2D eigenvalue weighted by atomic mass is 32.1. The van der Waals surface area contributed by atoms with Crippen LogP contribution < -0.4 is 16.2 Å². The first kappa shape index (κ1) is 32.2. The lowest BCUT2D eigenvalue weighted by Gasteiger charge is -2.36. The van der Waals surface area contributed by atoms with Crippen LogP contribution in [0.3, 0.4) is 0 Å². The monoisotopic (exact) mass is 642 g/mol. The normalized spacial score (nSPS) is 16.0. The van der Waals surface area contributed by atoms with Crippen LogP contribution in [0.15, 0.2) is 81.5 Å². The summed E-state index contributed by atoms with van der Waals surface area (Å²) in [5.41, 5.74) is 1.55. The van der Waals surface area contributed by atoms with Crippen molar-refractivity contribution in [3.63, 3.8) is 0 Å². The van der Waals surface area contributed by atoms with Crippen molar-refractivity contribution in [2.75, 3.05) is 19.6 Å². The molecule has 1 saturated carbocycles. The molecule has 0 radical (unpaired) electrons. The van der Waals surface area contributed by atoms with Crippen molar-refractivity contribution in [2.24, 2.45) is 5.92 Å². The highest BCUT2D eigenvalue weighted by Crippen LogP contribution is 2.43. The summed E-state index contributed by atoms with van der Waals surface area (Å²) >= 11 is 1.72. The lowest BCUT2D eigenvalue weighted by atomic mass is 9.73. The van der Waals surface area contributed by atoms with Gasteiger partial charge >= 0.3 is 0 Å². The molecule has 3 aromatic heterocycles. The van der Waals surface area contributed by atoms with E-state index >= 15 is 0 Å². The van der Waals surface area contributed by atoms with Crippen LogP contribution in [0.25, 0.3) is 10.9 Å². The first-order chi connectivity index (χ1) is 22.4. The van der Waals surface area contributed by atoms with Crippen LogP contribution in [0.4, 0.5) is 0 Å². The molecule has 9 nitrogen and oxygen atoms in total. The molecule has 242 valence electrons. The van der Waals surface area contributed by atoms with Gasteiger partial charge in [-0.3, -0.25) is 4.79 Å². The fraction of sp³-hybridized carbons (Fsp3) is 0.389. The lowest BCUT2D eigenvalue weighted by Crippen LogP contribution is -2.38. The maximum absolute atomic E-state index is 12.0. The molecule has 10 heteroatoms. The molecule has 1 aliphatic carbocycles. The van der Waals surface area contributed by atoms with Crippen molar-refractivity contribution < 1.29 is 19.7 Å². The number of fused-ring (bicyclic) bond motifs is 1. The first-order valence-corrected chi connectivity index (χ1v) is 17.0. The number of benzene rings is 2. The second-order valence-corrected chi connectivity index (χ2v) is 13.2. The molecule has 2 atom stereocenters. The van der Waals surface area contributed by atoms with Crippen molar-refractivity contribution >= 4 is 22.2 Å². The summed E-state index contributed by atoms with van der Waals surface area (Å²) in [6, 6.07) is 18.2. The summed E-state index contributed by atoms with van der Waals surface area (Å²) in [4.78, 5) is 20.1. The Hall–Kier alpha value is -3.80. The maximum Gasteiger partial charge on any atom is 0.248 e. The molecule has 1 aliphatic rings. The zero-order valence-electron chi connectivity index (χ0n) is 25.9. The molecule has 0 bridgehead atoms. The Morgan fingerprint density at radius 2 is 1.83 bits per heavy atom. The number of nitrogens with one attached hydrogen (secondary N) is 3. The van der Waals surface area contributed by atoms with Gasteiger partial charge in [-0.2, -0.15) is 0 Å². The molecule has 0 spiro atoms. The van der Waals surface area contributed by atoms with Crippen LogP contribution in [-0.2, 0) is 25.0 Å². The first-order valence-electron chi connectivity index (χ1n) is 16.2. The number of hydrogen-bond acceptors (Lipinski definition) is 9. The molecular formula is C36H42N4O5S. The van der Waals surface area contributed by atoms with E-state index in [0.717, 1.165) is 56.5 Å². The van der Waals surface area contributed by atoms with Gasteiger partial charge in [-0.1, -0.05) is 55.7 Å². The van der Waals surface area contributed by atoms with Gasteiger partial charge in [-0.15, -0.1) is 11.3 Å². The minimum Gasteiger partial charge on any atom is -0.506 e. The predicted molar refractivity (Wildman–Crippen MR) is 180 cm³/mol. The van der Waals surface area contributed by atoms with Gasteiger partial charge in [0.05, 0.1) is 17.8 Å². The van der Waals surface area contributed by atoms with Crippen LogP contribution >= 0.6 is 11.3 Å². The smallest absolute Gasteiger partial charge is 0.248 e. The fourth-order valence-corrected chi connectivity index (χ4v) is 7.44. The number of aliphatic hydroxyl groups excluding tert-OH is 1. The Balaban J connectivity index is 0.954. The second kappa shape index (κ2) is 14.7. The molecule has 6 rings (SSSR count). The van der Waals surface area contributed by atoms with E-state index in [1.807, 2.05) is 30.3 Å². The number of pyridine rings is 1. The SMILES string of the molecule is O=c1ccc2c([C@@H](O)CNCCc3csc(CNCCc4cnc(C(O)(c5ccccc5)C5CCCCC5)o4)c3)ccc(O)c2[nH]1. The van der Waals surface area contributed by atoms with Crippen molar-refractivity contribution in [1.82, 2.24) is 20.6 Å². The number of H-pyrrole nitrogens is 1. The van der Waals surface area contributed by atoms with Crippen LogP contribution in [0, 0.1) is 5.92 Å². The molecule has 46 heavy (non-hydrogen) atoms. The van der Waals surface area contributed by atoms with Crippen molar-refractivity contribution in [1.29, 1.82) is 0 Å². The largest absolute Gasteiger partial charge is 0.506 e. The predicted octanol–water partition coefficient (Wildman–Crippen LogP) is 5.30. The fourth-order valence-electron chi connectivity index (χ4n) is 6.55. The van der Waals surface area contributed by atoms with Gasteiger partial charge < -0.3 is 35.4 Å². The van der Waals surface area contributed by atoms with Gasteiger partial charge in [0, 0.05) is 48.3 Å². The summed E-state index contributed by atoms with van der Waals surface area (Å²) in [6.45, 7) is 2.54. The molecule has 1 unspecified atom stereocenters. The van der Waals surface area contributed by atoms with Gasteiger partial charge in [0.2, 0.25) is 11.4 Å². The Labute approximate surface area is 272 Å². The molecule has 3 heterocycles. The lowest BCUT2D eigenvalue weighted by molar-refractivity contribution is -0.0238. The third-order valence-corrected chi connectivity index (χ3v) is 10.0. The van der Waals surface area contributed by atoms with Gasteiger partial charge in [0.1, 0.15) is 11.5 Å². The van der Waals surface area contributed by atoms with Gasteiger partial charge in [0.25, 0.3) is 0 Å². The summed E-state index contributed by atoms with van der Waals surface area (Å²) in [5.74, 6) is 1.24. The van der Waals surface area contributed by atoms with Gasteiger partial charge in [-0.25, -0.2) is 4.98 Å². The van der Waals surface area contributed by atoms with E-state index in [1.165, 1.54) is 29.0 Å². The van der Waals surface area contributed by atoms with Gasteiger partial charge in [0.15, 0.2) is 5.60 Å². The summed E-state index contributed by atoms with van der Waals surface area (Å²) < 4.78 is 6.20. The molecule has 0 saturated heterocycles. The van der Waals surface area contributed by atoms with Crippen LogP contribution in [-0.4, -0.2) is 44.9 Å². The molecule has 5 aromatic rings. The number of phenols is 1. The highest BCUT2D eigenvalue weighted by Gasteiger charge is 2.44. The standard InChI is InChI=1S/C36H42N4O5S/c41-31-13-11-29(30-12-14-33(43)40-34(30)31)32(42)22-38-17-15-24-19-28(46-23-24)21-37-18-16-27-20-39-35(45-27)36(44,25-7-3-1-4-8-25)26-9-5-2-6-10-26/h1,3-4,7-8,11-14,19-20,23,26,32,37-38,41-42,44H,2,5-6,9-10,15-18,21-22H2,(H,40,43)/t32-,36?/m0/s1. The number of nitrogens with zero attached hydrogens (tertiary/aromatic N) is 1. The zero-order chi connectivity index (χ0) is 31.9. The van der Waals surface area contributed by atoms with Crippen LogP contribution in [0.2, 0.25) is 0 Å². The number of phenolic OH excluding ortho intramolecular Hbond substituents is 1. The Kier molecular flexibility index (Phi) is 10.3. The number of aromatic nitrogens is 2. The Bertz CT molecular complexity index is 1780. The van der Waals surface area contributed by atoms with Crippen LogP contribution in [0.5, 0.6) is 5.75 Å². The Morgan fingerprint density at radius 1 is 1.02 bits per heavy atom. The third kappa shape index (κ3) is 7.27. The van der Waals surface area contributed by atoms with E-state index in [9.17, 15) is 20.1 Å². The van der Waals surface area contributed by atoms with E-state index < -0.39 is 11.7 Å². The summed E-state index contributed by atoms with van der Waals surface area (Å²) in [6.07, 6.45) is 7.86. The number of aromatic hydroxyl groups is 1. The van der Waals surface area contributed by atoms with Gasteiger partial charge in [-0.05, 0) is 66.1 Å². The minimum atomic E-state index is -1.21. The van der Waals surface area contributed by atoms with Crippen LogP contribution in [0.1, 0.15) is 71.4 Å². The summed E-state index contributed by atoms with van der Waals surface area (Å²) in [5, 5.41) is 42.5. The van der Waals surface area contributed by atoms with E-state index in [2.05, 4.69) is 32.0 Å². The third-order valence-electron chi connectivity index (χ3n) is 9.04. The number of oxazole rings is 1. The second-order valence-electron chi connectivity index (χ2n) is 12.2. The number of hydrogen-bond donors (Lipinski definition) is 6. The van der Waals surface area contributed by atoms with Crippen molar-refractivity contribution in [3.8, 4) is 5.75 Å². The molecule has 0 aliphatic heterocycles. The van der Waals surface area contributed by atoms with E-state index in [4.69, 9.17) is 4.42 Å². The van der Waals surface area contributed by atoms with E-state index in [1.54, 1.807) is 29.7 Å². The molecule has 1 fully saturated rings. The van der Waals surface area contributed by atoms with E-state index in [-0.39, 0.29) is 17.2 Å². The minimum absolute atomic E-state index is 0.0204. The highest BCUT2D eigenvalue weighted by molar-refractivity contribution is 7.10. The average molecular weight is 643 g/mol. The molecule has 0 amide bonds.